The van der Waals surface area contributed by atoms with Gasteiger partial charge in [0.25, 0.3) is 0 Å². The van der Waals surface area contributed by atoms with Crippen molar-refractivity contribution >= 4 is 11.9 Å². The van der Waals surface area contributed by atoms with E-state index < -0.39 is 5.97 Å². The first-order chi connectivity index (χ1) is 11.6. The Morgan fingerprint density at radius 2 is 1.67 bits per heavy atom. The number of carbonyl (C=O) groups excluding carboxylic acids is 1. The number of carboxylic acids is 1. The molecule has 0 bridgehead atoms. The third-order valence-electron chi connectivity index (χ3n) is 4.69. The van der Waals surface area contributed by atoms with Crippen LogP contribution in [0.15, 0.2) is 54.6 Å². The zero-order chi connectivity index (χ0) is 16.9. The third-order valence-corrected chi connectivity index (χ3v) is 4.69. The Bertz CT molecular complexity index is 721. The summed E-state index contributed by atoms with van der Waals surface area (Å²) in [6.07, 6.45) is 2.29. The molecule has 2 aromatic carbocycles. The van der Waals surface area contributed by atoms with Gasteiger partial charge in [-0.05, 0) is 41.9 Å². The van der Waals surface area contributed by atoms with Crippen molar-refractivity contribution in [2.45, 2.75) is 25.2 Å². The quantitative estimate of drug-likeness (QED) is 0.857. The molecular formula is C20H21NO3. The molecule has 2 N–H and O–H groups in total. The second-order valence-electron chi connectivity index (χ2n) is 6.39. The smallest absolute Gasteiger partial charge is 0.335 e. The maximum atomic E-state index is 12.1. The van der Waals surface area contributed by atoms with E-state index >= 15 is 0 Å². The highest BCUT2D eigenvalue weighted by Gasteiger charge is 2.30. The van der Waals surface area contributed by atoms with Gasteiger partial charge < -0.3 is 10.4 Å². The van der Waals surface area contributed by atoms with Gasteiger partial charge in [-0.2, -0.15) is 0 Å². The summed E-state index contributed by atoms with van der Waals surface area (Å²) in [7, 11) is 0. The first-order valence-electron chi connectivity index (χ1n) is 8.26. The molecule has 0 radical (unpaired) electrons. The van der Waals surface area contributed by atoms with Crippen molar-refractivity contribution in [3.8, 4) is 0 Å². The Morgan fingerprint density at radius 3 is 2.38 bits per heavy atom. The SMILES string of the molecule is O=C(Cc1ccccc1C(=O)O)NCC1CC(c2ccccc2)C1. The number of carbonyl (C=O) groups is 2. The Hall–Kier alpha value is -2.62. The van der Waals surface area contributed by atoms with Crippen LogP contribution in [0.4, 0.5) is 0 Å². The van der Waals surface area contributed by atoms with Crippen molar-refractivity contribution in [1.29, 1.82) is 0 Å². The van der Waals surface area contributed by atoms with E-state index in [1.807, 2.05) is 6.07 Å². The fourth-order valence-electron chi connectivity index (χ4n) is 3.28. The van der Waals surface area contributed by atoms with Crippen LogP contribution in [0.3, 0.4) is 0 Å². The van der Waals surface area contributed by atoms with Gasteiger partial charge in [0, 0.05) is 6.54 Å². The molecule has 4 nitrogen and oxygen atoms in total. The molecule has 4 heteroatoms. The van der Waals surface area contributed by atoms with Crippen molar-refractivity contribution in [3.63, 3.8) is 0 Å². The zero-order valence-corrected chi connectivity index (χ0v) is 13.4. The van der Waals surface area contributed by atoms with Crippen molar-refractivity contribution in [1.82, 2.24) is 5.32 Å². The van der Waals surface area contributed by atoms with Crippen LogP contribution in [0.25, 0.3) is 0 Å². The van der Waals surface area contributed by atoms with Gasteiger partial charge in [0.2, 0.25) is 5.91 Å². The highest BCUT2D eigenvalue weighted by atomic mass is 16.4. The van der Waals surface area contributed by atoms with Crippen LogP contribution in [0.2, 0.25) is 0 Å². The number of aromatic carboxylic acids is 1. The number of carboxylic acid groups (broad SMARTS) is 1. The topological polar surface area (TPSA) is 66.4 Å². The first kappa shape index (κ1) is 16.2. The van der Waals surface area contributed by atoms with Gasteiger partial charge in [-0.25, -0.2) is 4.79 Å². The van der Waals surface area contributed by atoms with E-state index in [-0.39, 0.29) is 17.9 Å². The number of hydrogen-bond donors (Lipinski definition) is 2. The monoisotopic (exact) mass is 323 g/mol. The summed E-state index contributed by atoms with van der Waals surface area (Å²) in [5, 5.41) is 12.1. The van der Waals surface area contributed by atoms with Crippen molar-refractivity contribution in [3.05, 3.63) is 71.3 Å². The molecular weight excluding hydrogens is 302 g/mol. The molecule has 1 aliphatic rings. The summed E-state index contributed by atoms with van der Waals surface area (Å²) in [5.41, 5.74) is 2.12. The fourth-order valence-corrected chi connectivity index (χ4v) is 3.28. The average molecular weight is 323 g/mol. The van der Waals surface area contributed by atoms with E-state index in [4.69, 9.17) is 5.11 Å². The fraction of sp³-hybridized carbons (Fsp3) is 0.300. The summed E-state index contributed by atoms with van der Waals surface area (Å²) in [5.74, 6) is -0.00957. The van der Waals surface area contributed by atoms with Gasteiger partial charge in [-0.15, -0.1) is 0 Å². The molecule has 0 unspecified atom stereocenters. The van der Waals surface area contributed by atoms with Crippen LogP contribution in [-0.2, 0) is 11.2 Å². The highest BCUT2D eigenvalue weighted by Crippen LogP contribution is 2.40. The van der Waals surface area contributed by atoms with Gasteiger partial charge >= 0.3 is 5.97 Å². The Morgan fingerprint density at radius 1 is 1.00 bits per heavy atom. The van der Waals surface area contributed by atoms with E-state index in [0.29, 0.717) is 23.9 Å². The van der Waals surface area contributed by atoms with Crippen LogP contribution in [0, 0.1) is 5.92 Å². The molecule has 1 amide bonds. The van der Waals surface area contributed by atoms with Gasteiger partial charge in [-0.3, -0.25) is 4.79 Å². The number of hydrogen-bond acceptors (Lipinski definition) is 2. The van der Waals surface area contributed by atoms with Crippen molar-refractivity contribution in [2.24, 2.45) is 5.92 Å². The van der Waals surface area contributed by atoms with Gasteiger partial charge in [0.1, 0.15) is 0 Å². The van der Waals surface area contributed by atoms with E-state index in [0.717, 1.165) is 12.8 Å². The van der Waals surface area contributed by atoms with Crippen LogP contribution in [0.5, 0.6) is 0 Å². The predicted octanol–water partition coefficient (Wildman–Crippen LogP) is 3.24. The summed E-state index contributed by atoms with van der Waals surface area (Å²) in [6.45, 7) is 0.664. The lowest BCUT2D eigenvalue weighted by Crippen LogP contribution is -2.36. The van der Waals surface area contributed by atoms with Crippen LogP contribution >= 0.6 is 0 Å². The molecule has 0 spiro atoms. The minimum absolute atomic E-state index is 0.108. The lowest BCUT2D eigenvalue weighted by Gasteiger charge is -2.35. The molecule has 1 fully saturated rings. The summed E-state index contributed by atoms with van der Waals surface area (Å²) in [6, 6.07) is 17.1. The lowest BCUT2D eigenvalue weighted by atomic mass is 9.71. The van der Waals surface area contributed by atoms with E-state index in [1.54, 1.807) is 18.2 Å². The zero-order valence-electron chi connectivity index (χ0n) is 13.4. The molecule has 0 atom stereocenters. The Labute approximate surface area is 141 Å². The summed E-state index contributed by atoms with van der Waals surface area (Å²) >= 11 is 0. The highest BCUT2D eigenvalue weighted by molar-refractivity contribution is 5.91. The van der Waals surface area contributed by atoms with Gasteiger partial charge in [0.05, 0.1) is 12.0 Å². The molecule has 0 aliphatic heterocycles. The van der Waals surface area contributed by atoms with Crippen molar-refractivity contribution < 1.29 is 14.7 Å². The largest absolute Gasteiger partial charge is 0.478 e. The third kappa shape index (κ3) is 3.82. The number of amides is 1. The number of rotatable bonds is 6. The molecule has 24 heavy (non-hydrogen) atoms. The molecule has 124 valence electrons. The summed E-state index contributed by atoms with van der Waals surface area (Å²) in [4.78, 5) is 23.2. The number of benzene rings is 2. The van der Waals surface area contributed by atoms with Crippen molar-refractivity contribution in [2.75, 3.05) is 6.54 Å². The van der Waals surface area contributed by atoms with Gasteiger partial charge in [0.15, 0.2) is 0 Å². The van der Waals surface area contributed by atoms with Crippen LogP contribution < -0.4 is 5.32 Å². The summed E-state index contributed by atoms with van der Waals surface area (Å²) < 4.78 is 0. The number of nitrogens with one attached hydrogen (secondary N) is 1. The standard InChI is InChI=1S/C20H21NO3/c22-19(12-16-8-4-5-9-18(16)20(23)24)21-13-14-10-17(11-14)15-6-2-1-3-7-15/h1-9,14,17H,10-13H2,(H,21,22)(H,23,24). The second kappa shape index (κ2) is 7.30. The second-order valence-corrected chi connectivity index (χ2v) is 6.39. The maximum absolute atomic E-state index is 12.1. The molecule has 3 rings (SSSR count). The molecule has 0 aromatic heterocycles. The predicted molar refractivity (Wildman–Crippen MR) is 92.0 cm³/mol. The van der Waals surface area contributed by atoms with E-state index in [9.17, 15) is 9.59 Å². The lowest BCUT2D eigenvalue weighted by molar-refractivity contribution is -0.120. The normalized spacial score (nSPS) is 19.3. The van der Waals surface area contributed by atoms with Crippen LogP contribution in [0.1, 0.15) is 40.2 Å². The Kier molecular flexibility index (Phi) is 4.94. The van der Waals surface area contributed by atoms with Gasteiger partial charge in [-0.1, -0.05) is 48.5 Å². The van der Waals surface area contributed by atoms with E-state index in [1.165, 1.54) is 11.6 Å². The molecule has 0 saturated heterocycles. The van der Waals surface area contributed by atoms with Crippen LogP contribution in [-0.4, -0.2) is 23.5 Å². The molecule has 1 saturated carbocycles. The first-order valence-corrected chi connectivity index (χ1v) is 8.26. The molecule has 0 heterocycles. The van der Waals surface area contributed by atoms with E-state index in [2.05, 4.69) is 29.6 Å². The average Bonchev–Trinajstić information content (AvgIpc) is 2.54. The minimum atomic E-state index is -0.997. The maximum Gasteiger partial charge on any atom is 0.335 e. The minimum Gasteiger partial charge on any atom is -0.478 e. The molecule has 2 aromatic rings. The molecule has 1 aliphatic carbocycles. The Balaban J connectivity index is 1.45.